The Morgan fingerprint density at radius 3 is 2.75 bits per heavy atom. The average molecular weight is 258 g/mol. The maximum absolute atomic E-state index is 11.2. The number of nitrogens with zero attached hydrogens (tertiary/aromatic N) is 2. The molecule has 2 heterocycles. The van der Waals surface area contributed by atoms with Crippen molar-refractivity contribution < 1.29 is 18.3 Å². The van der Waals surface area contributed by atoms with Crippen LogP contribution in [0.15, 0.2) is 17.4 Å². The Balaban J connectivity index is 2.67. The van der Waals surface area contributed by atoms with Gasteiger partial charge in [-0.05, 0) is 6.07 Å². The van der Waals surface area contributed by atoms with Gasteiger partial charge in [0, 0.05) is 12.5 Å². The van der Waals surface area contributed by atoms with Crippen LogP contribution in [0.3, 0.4) is 0 Å². The average Bonchev–Trinajstić information content (AvgIpc) is 2.58. The highest BCUT2D eigenvalue weighted by Gasteiger charge is 2.14. The second-order valence-corrected chi connectivity index (χ2v) is 6.08. The Hall–Kier alpha value is -1.54. The van der Waals surface area contributed by atoms with Gasteiger partial charge >= 0.3 is 5.97 Å². The molecule has 8 heteroatoms. The van der Waals surface area contributed by atoms with Gasteiger partial charge in [0.1, 0.15) is 4.88 Å². The van der Waals surface area contributed by atoms with Crippen molar-refractivity contribution in [2.24, 2.45) is 0 Å². The zero-order chi connectivity index (χ0) is 11.9. The van der Waals surface area contributed by atoms with E-state index in [2.05, 4.69) is 9.97 Å². The SMILES string of the molecule is CS(=O)(=O)c1ncc2sc(C(=O)O)cc2n1. The second kappa shape index (κ2) is 3.49. The molecule has 0 bridgehead atoms. The quantitative estimate of drug-likeness (QED) is 0.800. The van der Waals surface area contributed by atoms with Gasteiger partial charge in [-0.1, -0.05) is 0 Å². The summed E-state index contributed by atoms with van der Waals surface area (Å²) in [7, 11) is -3.47. The van der Waals surface area contributed by atoms with Crippen molar-refractivity contribution in [2.45, 2.75) is 5.16 Å². The van der Waals surface area contributed by atoms with E-state index >= 15 is 0 Å². The Morgan fingerprint density at radius 2 is 2.19 bits per heavy atom. The first-order chi connectivity index (χ1) is 7.38. The Morgan fingerprint density at radius 1 is 1.50 bits per heavy atom. The molecular weight excluding hydrogens is 252 g/mol. The van der Waals surface area contributed by atoms with E-state index in [1.165, 1.54) is 12.3 Å². The van der Waals surface area contributed by atoms with Crippen molar-refractivity contribution in [1.29, 1.82) is 0 Å². The highest BCUT2D eigenvalue weighted by Crippen LogP contribution is 2.23. The first-order valence-electron chi connectivity index (χ1n) is 4.08. The van der Waals surface area contributed by atoms with Crippen molar-refractivity contribution in [3.63, 3.8) is 0 Å². The summed E-state index contributed by atoms with van der Waals surface area (Å²) in [5.74, 6) is -1.07. The molecule has 2 aromatic rings. The molecule has 0 atom stereocenters. The second-order valence-electron chi connectivity index (χ2n) is 3.09. The third-order valence-electron chi connectivity index (χ3n) is 1.79. The number of hydrogen-bond acceptors (Lipinski definition) is 6. The van der Waals surface area contributed by atoms with Gasteiger partial charge in [-0.2, -0.15) is 0 Å². The fourth-order valence-corrected chi connectivity index (χ4v) is 2.42. The minimum atomic E-state index is -3.47. The maximum atomic E-state index is 11.2. The Kier molecular flexibility index (Phi) is 2.39. The predicted octanol–water partition coefficient (Wildman–Crippen LogP) is 0.793. The zero-order valence-electron chi connectivity index (χ0n) is 8.04. The van der Waals surface area contributed by atoms with Gasteiger partial charge in [-0.25, -0.2) is 23.2 Å². The van der Waals surface area contributed by atoms with Crippen LogP contribution in [0.2, 0.25) is 0 Å². The molecule has 16 heavy (non-hydrogen) atoms. The van der Waals surface area contributed by atoms with Crippen molar-refractivity contribution >= 4 is 37.4 Å². The molecule has 0 aliphatic carbocycles. The summed E-state index contributed by atoms with van der Waals surface area (Å²) in [4.78, 5) is 18.3. The smallest absolute Gasteiger partial charge is 0.345 e. The molecule has 0 aliphatic heterocycles. The molecule has 6 nitrogen and oxygen atoms in total. The number of hydrogen-bond donors (Lipinski definition) is 1. The molecule has 0 radical (unpaired) electrons. The molecule has 2 aromatic heterocycles. The van der Waals surface area contributed by atoms with E-state index < -0.39 is 15.8 Å². The number of fused-ring (bicyclic) bond motifs is 1. The molecule has 0 aromatic carbocycles. The number of carboxylic acids is 1. The van der Waals surface area contributed by atoms with Crippen molar-refractivity contribution in [1.82, 2.24) is 9.97 Å². The van der Waals surface area contributed by atoms with E-state index in [-0.39, 0.29) is 10.0 Å². The van der Waals surface area contributed by atoms with Crippen LogP contribution >= 0.6 is 11.3 Å². The zero-order valence-corrected chi connectivity index (χ0v) is 9.67. The topological polar surface area (TPSA) is 97.2 Å². The van der Waals surface area contributed by atoms with Crippen molar-refractivity contribution in [3.8, 4) is 0 Å². The van der Waals surface area contributed by atoms with Gasteiger partial charge in [-0.3, -0.25) is 0 Å². The van der Waals surface area contributed by atoms with Crippen LogP contribution in [-0.4, -0.2) is 35.7 Å². The molecule has 0 amide bonds. The number of carboxylic acid groups (broad SMARTS) is 1. The predicted molar refractivity (Wildman–Crippen MR) is 57.5 cm³/mol. The third-order valence-corrected chi connectivity index (χ3v) is 3.70. The fourth-order valence-electron chi connectivity index (χ4n) is 1.11. The standard InChI is InChI=1S/C8H6N2O4S2/c1-16(13,14)8-9-3-6-4(10-8)2-5(15-6)7(11)12/h2-3H,1H3,(H,11,12). The van der Waals surface area contributed by atoms with Crippen LogP contribution in [-0.2, 0) is 9.84 Å². The minimum Gasteiger partial charge on any atom is -0.477 e. The molecule has 2 rings (SSSR count). The highest BCUT2D eigenvalue weighted by atomic mass is 32.2. The first-order valence-corrected chi connectivity index (χ1v) is 6.78. The van der Waals surface area contributed by atoms with E-state index in [9.17, 15) is 13.2 Å². The van der Waals surface area contributed by atoms with E-state index in [0.717, 1.165) is 17.6 Å². The van der Waals surface area contributed by atoms with Crippen LogP contribution in [0.1, 0.15) is 9.67 Å². The molecule has 0 spiro atoms. The summed E-state index contributed by atoms with van der Waals surface area (Å²) in [6, 6.07) is 1.33. The van der Waals surface area contributed by atoms with Gasteiger partial charge in [0.2, 0.25) is 15.0 Å². The Bertz CT molecular complexity index is 674. The van der Waals surface area contributed by atoms with Crippen molar-refractivity contribution in [2.75, 3.05) is 6.26 Å². The molecule has 0 fully saturated rings. The summed E-state index contributed by atoms with van der Waals surface area (Å²) in [6.45, 7) is 0. The van der Waals surface area contributed by atoms with Crippen LogP contribution in [0.4, 0.5) is 0 Å². The molecule has 0 saturated carbocycles. The third kappa shape index (κ3) is 1.89. The van der Waals surface area contributed by atoms with Gasteiger partial charge < -0.3 is 5.11 Å². The largest absolute Gasteiger partial charge is 0.477 e. The number of rotatable bonds is 2. The number of aromatic nitrogens is 2. The minimum absolute atomic E-state index is 0.106. The van der Waals surface area contributed by atoms with E-state index in [1.54, 1.807) is 0 Å². The molecule has 0 unspecified atom stereocenters. The molecule has 0 saturated heterocycles. The van der Waals surface area contributed by atoms with E-state index in [0.29, 0.717) is 10.2 Å². The lowest BCUT2D eigenvalue weighted by molar-refractivity contribution is 0.0702. The Labute approximate surface area is 94.5 Å². The number of aromatic carboxylic acids is 1. The van der Waals surface area contributed by atoms with Crippen LogP contribution in [0.25, 0.3) is 10.2 Å². The van der Waals surface area contributed by atoms with Gasteiger partial charge in [0.25, 0.3) is 0 Å². The molecule has 1 N–H and O–H groups in total. The van der Waals surface area contributed by atoms with E-state index in [4.69, 9.17) is 5.11 Å². The molecule has 84 valence electrons. The summed E-state index contributed by atoms with van der Waals surface area (Å²) in [6.07, 6.45) is 2.31. The molecular formula is C8H6N2O4S2. The lowest BCUT2D eigenvalue weighted by atomic mass is 10.4. The number of sulfone groups is 1. The lowest BCUT2D eigenvalue weighted by Gasteiger charge is -1.94. The fraction of sp³-hybridized carbons (Fsp3) is 0.125. The normalized spacial score (nSPS) is 11.8. The van der Waals surface area contributed by atoms with Crippen LogP contribution < -0.4 is 0 Å². The van der Waals surface area contributed by atoms with Gasteiger partial charge in [0.05, 0.1) is 10.2 Å². The first kappa shape index (κ1) is 11.0. The maximum Gasteiger partial charge on any atom is 0.345 e. The van der Waals surface area contributed by atoms with Crippen LogP contribution in [0, 0.1) is 0 Å². The monoisotopic (exact) mass is 258 g/mol. The van der Waals surface area contributed by atoms with Gasteiger partial charge in [-0.15, -0.1) is 11.3 Å². The van der Waals surface area contributed by atoms with Crippen molar-refractivity contribution in [3.05, 3.63) is 17.1 Å². The van der Waals surface area contributed by atoms with Gasteiger partial charge in [0.15, 0.2) is 0 Å². The lowest BCUT2D eigenvalue weighted by Crippen LogP contribution is -2.02. The van der Waals surface area contributed by atoms with Crippen LogP contribution in [0.5, 0.6) is 0 Å². The summed E-state index contributed by atoms with van der Waals surface area (Å²) in [5, 5.41) is 8.46. The highest BCUT2D eigenvalue weighted by molar-refractivity contribution is 7.90. The summed E-state index contributed by atoms with van der Waals surface area (Å²) in [5.41, 5.74) is 0.331. The summed E-state index contributed by atoms with van der Waals surface area (Å²) >= 11 is 1.01. The summed E-state index contributed by atoms with van der Waals surface area (Å²) < 4.78 is 22.9. The molecule has 0 aliphatic rings. The number of carbonyl (C=O) groups is 1. The number of thiophene rings is 1. The van der Waals surface area contributed by atoms with E-state index in [1.807, 2.05) is 0 Å².